The molecule has 0 unspecified atom stereocenters. The highest BCUT2D eigenvalue weighted by atomic mass is 16.4. The summed E-state index contributed by atoms with van der Waals surface area (Å²) in [6.45, 7) is 10.2. The summed E-state index contributed by atoms with van der Waals surface area (Å²) >= 11 is 0. The van der Waals surface area contributed by atoms with Crippen LogP contribution in [0.3, 0.4) is 0 Å². The third-order valence-electron chi connectivity index (χ3n) is 2.54. The largest absolute Gasteiger partial charge is 0.481 e. The molecular formula is C12H23NO3. The first-order valence-electron chi connectivity index (χ1n) is 5.71. The minimum atomic E-state index is -0.856. The molecule has 0 fully saturated rings. The van der Waals surface area contributed by atoms with E-state index in [1.807, 2.05) is 34.6 Å². The second kappa shape index (κ2) is 5.87. The first kappa shape index (κ1) is 14.9. The zero-order valence-corrected chi connectivity index (χ0v) is 10.9. The third-order valence-corrected chi connectivity index (χ3v) is 2.54. The van der Waals surface area contributed by atoms with Gasteiger partial charge in [-0.3, -0.25) is 9.59 Å². The monoisotopic (exact) mass is 229 g/mol. The Morgan fingerprint density at radius 1 is 1.25 bits per heavy atom. The van der Waals surface area contributed by atoms with E-state index >= 15 is 0 Å². The van der Waals surface area contributed by atoms with Crippen LogP contribution in [0, 0.1) is 5.41 Å². The fourth-order valence-electron chi connectivity index (χ4n) is 1.81. The van der Waals surface area contributed by atoms with E-state index in [1.54, 1.807) is 4.90 Å². The highest BCUT2D eigenvalue weighted by Gasteiger charge is 2.28. The molecule has 0 aromatic heterocycles. The van der Waals surface area contributed by atoms with Crippen LogP contribution in [0.1, 0.15) is 47.5 Å². The van der Waals surface area contributed by atoms with Gasteiger partial charge in [0, 0.05) is 19.0 Å². The maximum atomic E-state index is 11.9. The summed E-state index contributed by atoms with van der Waals surface area (Å²) in [5.41, 5.74) is -0.481. The molecule has 16 heavy (non-hydrogen) atoms. The number of carbonyl (C=O) groups is 2. The SMILES string of the molecule is CCN(C(=O)CC(C)(C)CC(=O)O)C(C)C. The van der Waals surface area contributed by atoms with Gasteiger partial charge in [-0.2, -0.15) is 0 Å². The van der Waals surface area contributed by atoms with E-state index in [2.05, 4.69) is 0 Å². The van der Waals surface area contributed by atoms with Crippen molar-refractivity contribution in [3.63, 3.8) is 0 Å². The van der Waals surface area contributed by atoms with Crippen molar-refractivity contribution in [3.05, 3.63) is 0 Å². The fraction of sp³-hybridized carbons (Fsp3) is 0.833. The average molecular weight is 229 g/mol. The molecule has 0 bridgehead atoms. The second-order valence-corrected chi connectivity index (χ2v) is 5.19. The lowest BCUT2D eigenvalue weighted by Gasteiger charge is -2.29. The van der Waals surface area contributed by atoms with E-state index in [4.69, 9.17) is 5.11 Å². The van der Waals surface area contributed by atoms with Crippen LogP contribution in [0.5, 0.6) is 0 Å². The number of hydrogen-bond donors (Lipinski definition) is 1. The van der Waals surface area contributed by atoms with Crippen LogP contribution in [0.2, 0.25) is 0 Å². The molecule has 4 heteroatoms. The standard InChI is InChI=1S/C12H23NO3/c1-6-13(9(2)3)10(14)7-12(4,5)8-11(15)16/h9H,6-8H2,1-5H3,(H,15,16). The van der Waals surface area contributed by atoms with Crippen LogP contribution in [-0.4, -0.2) is 34.5 Å². The smallest absolute Gasteiger partial charge is 0.303 e. The zero-order chi connectivity index (χ0) is 12.9. The highest BCUT2D eigenvalue weighted by molar-refractivity contribution is 5.78. The summed E-state index contributed by atoms with van der Waals surface area (Å²) in [4.78, 5) is 24.4. The van der Waals surface area contributed by atoms with Crippen LogP contribution in [0.25, 0.3) is 0 Å². The van der Waals surface area contributed by atoms with Gasteiger partial charge in [0.1, 0.15) is 0 Å². The molecule has 0 heterocycles. The first-order chi connectivity index (χ1) is 7.19. The molecule has 0 radical (unpaired) electrons. The highest BCUT2D eigenvalue weighted by Crippen LogP contribution is 2.26. The Hall–Kier alpha value is -1.06. The van der Waals surface area contributed by atoms with Gasteiger partial charge in [0.2, 0.25) is 5.91 Å². The number of nitrogens with zero attached hydrogens (tertiary/aromatic N) is 1. The van der Waals surface area contributed by atoms with Crippen molar-refractivity contribution in [1.29, 1.82) is 0 Å². The third kappa shape index (κ3) is 5.14. The molecular weight excluding hydrogens is 206 g/mol. The van der Waals surface area contributed by atoms with Gasteiger partial charge in [0.05, 0.1) is 6.42 Å². The summed E-state index contributed by atoms with van der Waals surface area (Å²) in [5, 5.41) is 8.74. The average Bonchev–Trinajstić information content (AvgIpc) is 1.99. The predicted octanol–water partition coefficient (Wildman–Crippen LogP) is 2.13. The number of carbonyl (C=O) groups excluding carboxylic acids is 1. The number of aliphatic carboxylic acids is 1. The van der Waals surface area contributed by atoms with Gasteiger partial charge in [-0.25, -0.2) is 0 Å². The molecule has 0 aliphatic heterocycles. The molecule has 0 aromatic carbocycles. The summed E-state index contributed by atoms with van der Waals surface area (Å²) in [5.74, 6) is -0.825. The minimum absolute atomic E-state index is 0.0222. The number of amides is 1. The van der Waals surface area contributed by atoms with Crippen molar-refractivity contribution in [2.24, 2.45) is 5.41 Å². The normalized spacial score (nSPS) is 11.6. The van der Waals surface area contributed by atoms with Crippen LogP contribution in [-0.2, 0) is 9.59 Å². The minimum Gasteiger partial charge on any atom is -0.481 e. The maximum absolute atomic E-state index is 11.9. The van der Waals surface area contributed by atoms with Crippen molar-refractivity contribution in [1.82, 2.24) is 4.90 Å². The zero-order valence-electron chi connectivity index (χ0n) is 10.9. The summed E-state index contributed by atoms with van der Waals surface area (Å²) < 4.78 is 0. The van der Waals surface area contributed by atoms with Gasteiger partial charge in [-0.15, -0.1) is 0 Å². The Labute approximate surface area is 97.6 Å². The number of carboxylic acids is 1. The molecule has 0 saturated carbocycles. The molecule has 94 valence electrons. The lowest BCUT2D eigenvalue weighted by Crippen LogP contribution is -2.39. The Bertz CT molecular complexity index is 259. The van der Waals surface area contributed by atoms with Gasteiger partial charge in [-0.05, 0) is 26.2 Å². The van der Waals surface area contributed by atoms with Gasteiger partial charge in [-0.1, -0.05) is 13.8 Å². The number of carboxylic acid groups (broad SMARTS) is 1. The molecule has 1 amide bonds. The molecule has 0 aromatic rings. The van der Waals surface area contributed by atoms with Crippen LogP contribution < -0.4 is 0 Å². The Morgan fingerprint density at radius 3 is 2.06 bits per heavy atom. The van der Waals surface area contributed by atoms with Gasteiger partial charge in [0.25, 0.3) is 0 Å². The van der Waals surface area contributed by atoms with Crippen molar-refractivity contribution in [3.8, 4) is 0 Å². The topological polar surface area (TPSA) is 57.6 Å². The van der Waals surface area contributed by atoms with Gasteiger partial charge < -0.3 is 10.0 Å². The van der Waals surface area contributed by atoms with Gasteiger partial charge >= 0.3 is 5.97 Å². The second-order valence-electron chi connectivity index (χ2n) is 5.19. The summed E-state index contributed by atoms with van der Waals surface area (Å²) in [6, 6.07) is 0.165. The van der Waals surface area contributed by atoms with Gasteiger partial charge in [0.15, 0.2) is 0 Å². The van der Waals surface area contributed by atoms with E-state index in [0.717, 1.165) is 0 Å². The Kier molecular flexibility index (Phi) is 5.48. The Morgan fingerprint density at radius 2 is 1.75 bits per heavy atom. The van der Waals surface area contributed by atoms with E-state index in [-0.39, 0.29) is 24.8 Å². The van der Waals surface area contributed by atoms with E-state index in [0.29, 0.717) is 6.54 Å². The van der Waals surface area contributed by atoms with Crippen molar-refractivity contribution >= 4 is 11.9 Å². The molecule has 0 aliphatic carbocycles. The molecule has 0 saturated heterocycles. The molecule has 0 rings (SSSR count). The lowest BCUT2D eigenvalue weighted by atomic mass is 9.85. The summed E-state index contributed by atoms with van der Waals surface area (Å²) in [6.07, 6.45) is 0.305. The molecule has 0 spiro atoms. The van der Waals surface area contributed by atoms with Crippen LogP contribution >= 0.6 is 0 Å². The first-order valence-corrected chi connectivity index (χ1v) is 5.71. The fourth-order valence-corrected chi connectivity index (χ4v) is 1.81. The molecule has 1 N–H and O–H groups in total. The summed E-state index contributed by atoms with van der Waals surface area (Å²) in [7, 11) is 0. The van der Waals surface area contributed by atoms with Crippen molar-refractivity contribution in [2.75, 3.05) is 6.54 Å². The number of rotatable bonds is 6. The lowest BCUT2D eigenvalue weighted by molar-refractivity contribution is -0.141. The number of hydrogen-bond acceptors (Lipinski definition) is 2. The van der Waals surface area contributed by atoms with E-state index in [9.17, 15) is 9.59 Å². The molecule has 0 atom stereocenters. The Balaban J connectivity index is 4.47. The predicted molar refractivity (Wildman–Crippen MR) is 63.2 cm³/mol. The van der Waals surface area contributed by atoms with E-state index in [1.165, 1.54) is 0 Å². The maximum Gasteiger partial charge on any atom is 0.303 e. The van der Waals surface area contributed by atoms with E-state index < -0.39 is 11.4 Å². The van der Waals surface area contributed by atoms with Crippen LogP contribution in [0.15, 0.2) is 0 Å². The van der Waals surface area contributed by atoms with Crippen LogP contribution in [0.4, 0.5) is 0 Å². The molecule has 4 nitrogen and oxygen atoms in total. The van der Waals surface area contributed by atoms with Crippen molar-refractivity contribution in [2.45, 2.75) is 53.5 Å². The molecule has 0 aliphatic rings. The van der Waals surface area contributed by atoms with Crippen molar-refractivity contribution < 1.29 is 14.7 Å². The quantitative estimate of drug-likeness (QED) is 0.759.